The fourth-order valence-electron chi connectivity index (χ4n) is 3.42. The highest BCUT2D eigenvalue weighted by Gasteiger charge is 2.52. The van der Waals surface area contributed by atoms with E-state index >= 15 is 0 Å². The van der Waals surface area contributed by atoms with Gasteiger partial charge < -0.3 is 18.9 Å². The van der Waals surface area contributed by atoms with Crippen LogP contribution in [0.5, 0.6) is 0 Å². The van der Waals surface area contributed by atoms with E-state index < -0.39 is 7.12 Å². The molecule has 6 heteroatoms. The van der Waals surface area contributed by atoms with Crippen LogP contribution in [0.2, 0.25) is 0 Å². The fraction of sp³-hybridized carbons (Fsp3) is 0.611. The molecule has 1 spiro atoms. The first-order valence-electron chi connectivity index (χ1n) is 8.54. The second-order valence-corrected chi connectivity index (χ2v) is 8.36. The summed E-state index contributed by atoms with van der Waals surface area (Å²) in [5.74, 6) is 0.0907. The van der Waals surface area contributed by atoms with Crippen molar-refractivity contribution >= 4 is 18.5 Å². The maximum Gasteiger partial charge on any atom is 0.494 e. The van der Waals surface area contributed by atoms with Gasteiger partial charge in [-0.05, 0) is 45.3 Å². The molecule has 0 aliphatic carbocycles. The number of likely N-dealkylation sites (tertiary alicyclic amines) is 1. The zero-order chi connectivity index (χ0) is 17.2. The molecule has 3 aliphatic heterocycles. The molecule has 3 heterocycles. The van der Waals surface area contributed by atoms with Gasteiger partial charge in [0.15, 0.2) is 0 Å². The topological polar surface area (TPSA) is 48.0 Å². The Bertz CT molecular complexity index is 642. The van der Waals surface area contributed by atoms with Crippen LogP contribution in [-0.4, -0.2) is 55.4 Å². The molecular weight excluding hydrogens is 305 g/mol. The number of benzene rings is 1. The number of ether oxygens (including phenoxy) is 1. The Morgan fingerprint density at radius 2 is 1.54 bits per heavy atom. The number of carbonyl (C=O) groups is 1. The number of nitrogens with zero attached hydrogens (tertiary/aromatic N) is 1. The molecule has 0 bridgehead atoms. The Morgan fingerprint density at radius 3 is 2.00 bits per heavy atom. The minimum Gasteiger partial charge on any atom is -0.399 e. The molecule has 0 N–H and O–H groups in total. The number of rotatable bonds is 2. The zero-order valence-electron chi connectivity index (χ0n) is 14.8. The van der Waals surface area contributed by atoms with E-state index in [4.69, 9.17) is 14.0 Å². The van der Waals surface area contributed by atoms with E-state index in [9.17, 15) is 4.79 Å². The minimum absolute atomic E-state index is 0.0907. The molecule has 1 aromatic rings. The molecule has 1 aromatic carbocycles. The maximum absolute atomic E-state index is 12.5. The van der Waals surface area contributed by atoms with Gasteiger partial charge in [0.1, 0.15) is 0 Å². The van der Waals surface area contributed by atoms with Crippen LogP contribution >= 0.6 is 0 Å². The maximum atomic E-state index is 12.5. The molecule has 24 heavy (non-hydrogen) atoms. The van der Waals surface area contributed by atoms with Gasteiger partial charge in [-0.3, -0.25) is 4.79 Å². The smallest absolute Gasteiger partial charge is 0.399 e. The summed E-state index contributed by atoms with van der Waals surface area (Å²) in [6.45, 7) is 11.3. The summed E-state index contributed by atoms with van der Waals surface area (Å²) in [5, 5.41) is 0. The zero-order valence-corrected chi connectivity index (χ0v) is 14.8. The molecule has 4 rings (SSSR count). The minimum atomic E-state index is -0.390. The van der Waals surface area contributed by atoms with Crippen molar-refractivity contribution < 1.29 is 18.8 Å². The van der Waals surface area contributed by atoms with Crippen molar-refractivity contribution in [2.24, 2.45) is 5.41 Å². The van der Waals surface area contributed by atoms with Gasteiger partial charge in [-0.1, -0.05) is 12.1 Å². The molecule has 3 fully saturated rings. The van der Waals surface area contributed by atoms with E-state index in [1.165, 1.54) is 0 Å². The average Bonchev–Trinajstić information content (AvgIpc) is 2.64. The Kier molecular flexibility index (Phi) is 3.40. The monoisotopic (exact) mass is 329 g/mol. The van der Waals surface area contributed by atoms with Crippen molar-refractivity contribution in [2.45, 2.75) is 38.9 Å². The van der Waals surface area contributed by atoms with Crippen LogP contribution in [0.15, 0.2) is 24.3 Å². The third-order valence-electron chi connectivity index (χ3n) is 5.84. The first-order valence-corrected chi connectivity index (χ1v) is 8.54. The molecule has 0 unspecified atom stereocenters. The lowest BCUT2D eigenvalue weighted by atomic mass is 9.77. The fourth-order valence-corrected chi connectivity index (χ4v) is 3.42. The summed E-state index contributed by atoms with van der Waals surface area (Å²) in [4.78, 5) is 14.4. The quantitative estimate of drug-likeness (QED) is 0.771. The summed E-state index contributed by atoms with van der Waals surface area (Å²) < 4.78 is 17.4. The molecule has 5 nitrogen and oxygen atoms in total. The van der Waals surface area contributed by atoms with Gasteiger partial charge in [0, 0.05) is 18.7 Å². The molecule has 128 valence electrons. The van der Waals surface area contributed by atoms with Gasteiger partial charge in [0.25, 0.3) is 5.91 Å². The predicted octanol–water partition coefficient (Wildman–Crippen LogP) is 1.46. The lowest BCUT2D eigenvalue weighted by Crippen LogP contribution is -2.67. The van der Waals surface area contributed by atoms with Crippen molar-refractivity contribution in [2.75, 3.05) is 26.3 Å². The van der Waals surface area contributed by atoms with Crippen LogP contribution in [-0.2, 0) is 14.0 Å². The third-order valence-corrected chi connectivity index (χ3v) is 5.84. The van der Waals surface area contributed by atoms with Crippen LogP contribution < -0.4 is 5.46 Å². The number of hydrogen-bond acceptors (Lipinski definition) is 4. The number of carbonyl (C=O) groups excluding carboxylic acids is 1. The lowest BCUT2D eigenvalue weighted by molar-refractivity contribution is -0.176. The summed E-state index contributed by atoms with van der Waals surface area (Å²) in [6, 6.07) is 7.59. The van der Waals surface area contributed by atoms with Crippen LogP contribution in [0.25, 0.3) is 0 Å². The molecule has 0 saturated carbocycles. The molecule has 0 atom stereocenters. The SMILES string of the molecule is CC1(C)OB(c2ccc(C(=O)N3CC4(COC4)C3)cc2)OC1(C)C. The Morgan fingerprint density at radius 1 is 1.00 bits per heavy atom. The second-order valence-electron chi connectivity index (χ2n) is 8.36. The van der Waals surface area contributed by atoms with Gasteiger partial charge in [0.2, 0.25) is 0 Å². The standard InChI is InChI=1S/C18H24BNO4/c1-16(2)17(3,4)24-19(23-16)14-7-5-13(6-8-14)15(21)20-9-18(10-20)11-22-12-18/h5-8H,9-12H2,1-4H3. The van der Waals surface area contributed by atoms with Gasteiger partial charge >= 0.3 is 7.12 Å². The molecule has 1 amide bonds. The highest BCUT2D eigenvalue weighted by atomic mass is 16.7. The Balaban J connectivity index is 1.43. The Labute approximate surface area is 143 Å². The third kappa shape index (κ3) is 2.39. The van der Waals surface area contributed by atoms with Crippen molar-refractivity contribution in [3.63, 3.8) is 0 Å². The van der Waals surface area contributed by atoms with E-state index in [1.54, 1.807) is 0 Å². The molecule has 3 saturated heterocycles. The van der Waals surface area contributed by atoms with E-state index in [0.717, 1.165) is 31.8 Å². The van der Waals surface area contributed by atoms with E-state index in [0.29, 0.717) is 5.56 Å². The molecular formula is C18H24BNO4. The summed E-state index contributed by atoms with van der Waals surface area (Å²) in [6.07, 6.45) is 0. The van der Waals surface area contributed by atoms with Gasteiger partial charge in [-0.25, -0.2) is 0 Å². The Hall–Kier alpha value is -1.37. The second kappa shape index (κ2) is 5.07. The van der Waals surface area contributed by atoms with Gasteiger partial charge in [-0.15, -0.1) is 0 Å². The summed E-state index contributed by atoms with van der Waals surface area (Å²) in [5.41, 5.74) is 1.19. The van der Waals surface area contributed by atoms with Crippen LogP contribution in [0.1, 0.15) is 38.1 Å². The molecule has 0 radical (unpaired) electrons. The number of hydrogen-bond donors (Lipinski definition) is 0. The van der Waals surface area contributed by atoms with Crippen LogP contribution in [0, 0.1) is 5.41 Å². The largest absolute Gasteiger partial charge is 0.494 e. The first kappa shape index (κ1) is 16.1. The van der Waals surface area contributed by atoms with E-state index in [2.05, 4.69) is 0 Å². The van der Waals surface area contributed by atoms with Crippen molar-refractivity contribution in [3.05, 3.63) is 29.8 Å². The average molecular weight is 329 g/mol. The summed E-state index contributed by atoms with van der Waals surface area (Å²) >= 11 is 0. The predicted molar refractivity (Wildman–Crippen MR) is 91.3 cm³/mol. The first-order chi connectivity index (χ1) is 11.2. The van der Waals surface area contributed by atoms with Gasteiger partial charge in [-0.2, -0.15) is 0 Å². The van der Waals surface area contributed by atoms with Crippen LogP contribution in [0.3, 0.4) is 0 Å². The number of amides is 1. The highest BCUT2D eigenvalue weighted by Crippen LogP contribution is 2.38. The normalized spacial score (nSPS) is 26.2. The highest BCUT2D eigenvalue weighted by molar-refractivity contribution is 6.62. The van der Waals surface area contributed by atoms with Gasteiger partial charge in [0.05, 0.1) is 29.8 Å². The lowest BCUT2D eigenvalue weighted by Gasteiger charge is -2.54. The summed E-state index contributed by atoms with van der Waals surface area (Å²) in [7, 11) is -0.390. The van der Waals surface area contributed by atoms with Crippen molar-refractivity contribution in [3.8, 4) is 0 Å². The van der Waals surface area contributed by atoms with Crippen LogP contribution in [0.4, 0.5) is 0 Å². The van der Waals surface area contributed by atoms with Crippen molar-refractivity contribution in [1.29, 1.82) is 0 Å². The van der Waals surface area contributed by atoms with E-state index in [-0.39, 0.29) is 22.5 Å². The van der Waals surface area contributed by atoms with E-state index in [1.807, 2.05) is 56.9 Å². The molecule has 0 aromatic heterocycles. The van der Waals surface area contributed by atoms with Crippen molar-refractivity contribution in [1.82, 2.24) is 4.90 Å². The molecule has 3 aliphatic rings.